The van der Waals surface area contributed by atoms with E-state index in [1.54, 1.807) is 19.1 Å². The fourth-order valence-electron chi connectivity index (χ4n) is 2.33. The summed E-state index contributed by atoms with van der Waals surface area (Å²) in [6.07, 6.45) is 0. The van der Waals surface area contributed by atoms with Gasteiger partial charge in [0.2, 0.25) is 0 Å². The molecule has 9 heteroatoms. The zero-order chi connectivity index (χ0) is 20.0. The SMILES string of the molecule is CCNc1ccc(C(=O)OCC)cc1NC(=O)c1ccc([N+](=O)[O-])cc1Cl. The summed E-state index contributed by atoms with van der Waals surface area (Å²) in [7, 11) is 0. The van der Waals surface area contributed by atoms with E-state index in [9.17, 15) is 19.7 Å². The van der Waals surface area contributed by atoms with Crippen molar-refractivity contribution in [3.63, 3.8) is 0 Å². The Hall–Kier alpha value is -3.13. The Morgan fingerprint density at radius 2 is 1.89 bits per heavy atom. The molecule has 0 atom stereocenters. The normalized spacial score (nSPS) is 10.2. The van der Waals surface area contributed by atoms with Crippen LogP contribution in [0.25, 0.3) is 0 Å². The molecular formula is C18H18ClN3O5. The largest absolute Gasteiger partial charge is 0.462 e. The summed E-state index contributed by atoms with van der Waals surface area (Å²) in [5.74, 6) is -1.07. The molecule has 2 aromatic rings. The Kier molecular flexibility index (Phi) is 6.73. The zero-order valence-electron chi connectivity index (χ0n) is 14.7. The first-order valence-corrected chi connectivity index (χ1v) is 8.55. The number of esters is 1. The van der Waals surface area contributed by atoms with E-state index in [4.69, 9.17) is 16.3 Å². The Bertz CT molecular complexity index is 885. The molecule has 2 rings (SSSR count). The number of nitro benzene ring substituents is 1. The van der Waals surface area contributed by atoms with Gasteiger partial charge in [-0.15, -0.1) is 0 Å². The van der Waals surface area contributed by atoms with Crippen molar-refractivity contribution in [2.24, 2.45) is 0 Å². The van der Waals surface area contributed by atoms with E-state index in [-0.39, 0.29) is 28.4 Å². The Morgan fingerprint density at radius 3 is 2.48 bits per heavy atom. The predicted octanol–water partition coefficient (Wildman–Crippen LogP) is 4.11. The van der Waals surface area contributed by atoms with Gasteiger partial charge in [0.25, 0.3) is 11.6 Å². The van der Waals surface area contributed by atoms with E-state index < -0.39 is 16.8 Å². The monoisotopic (exact) mass is 391 g/mol. The lowest BCUT2D eigenvalue weighted by molar-refractivity contribution is -0.384. The molecule has 0 radical (unpaired) electrons. The van der Waals surface area contributed by atoms with Gasteiger partial charge in [-0.25, -0.2) is 4.79 Å². The lowest BCUT2D eigenvalue weighted by atomic mass is 10.1. The van der Waals surface area contributed by atoms with Crippen LogP contribution in [0, 0.1) is 10.1 Å². The number of ether oxygens (including phenoxy) is 1. The maximum absolute atomic E-state index is 12.6. The van der Waals surface area contributed by atoms with Crippen molar-refractivity contribution in [3.8, 4) is 0 Å². The summed E-state index contributed by atoms with van der Waals surface area (Å²) in [6, 6.07) is 8.32. The first-order chi connectivity index (χ1) is 12.9. The number of nitrogens with one attached hydrogen (secondary N) is 2. The first-order valence-electron chi connectivity index (χ1n) is 8.17. The summed E-state index contributed by atoms with van der Waals surface area (Å²) in [6.45, 7) is 4.41. The van der Waals surface area contributed by atoms with Gasteiger partial charge in [0.1, 0.15) is 0 Å². The van der Waals surface area contributed by atoms with Gasteiger partial charge < -0.3 is 15.4 Å². The molecule has 0 aliphatic carbocycles. The van der Waals surface area contributed by atoms with Gasteiger partial charge in [-0.2, -0.15) is 0 Å². The van der Waals surface area contributed by atoms with Crippen LogP contribution in [0.3, 0.4) is 0 Å². The number of hydrogen-bond donors (Lipinski definition) is 2. The third-order valence-corrected chi connectivity index (χ3v) is 3.87. The number of hydrogen-bond acceptors (Lipinski definition) is 6. The molecule has 2 N–H and O–H groups in total. The van der Waals surface area contributed by atoms with Crippen LogP contribution in [-0.4, -0.2) is 30.0 Å². The number of carbonyl (C=O) groups excluding carboxylic acids is 2. The van der Waals surface area contributed by atoms with Crippen LogP contribution in [0.4, 0.5) is 17.1 Å². The van der Waals surface area contributed by atoms with Crippen molar-refractivity contribution < 1.29 is 19.2 Å². The Morgan fingerprint density at radius 1 is 1.15 bits per heavy atom. The quantitative estimate of drug-likeness (QED) is 0.417. The van der Waals surface area contributed by atoms with Crippen LogP contribution in [-0.2, 0) is 4.74 Å². The van der Waals surface area contributed by atoms with Crippen LogP contribution in [0.2, 0.25) is 5.02 Å². The lowest BCUT2D eigenvalue weighted by Crippen LogP contribution is -2.15. The third-order valence-electron chi connectivity index (χ3n) is 3.55. The van der Waals surface area contributed by atoms with E-state index in [2.05, 4.69) is 10.6 Å². The van der Waals surface area contributed by atoms with Crippen molar-refractivity contribution >= 4 is 40.5 Å². The van der Waals surface area contributed by atoms with E-state index in [1.165, 1.54) is 18.2 Å². The predicted molar refractivity (Wildman–Crippen MR) is 103 cm³/mol. The zero-order valence-corrected chi connectivity index (χ0v) is 15.5. The topological polar surface area (TPSA) is 111 Å². The lowest BCUT2D eigenvalue weighted by Gasteiger charge is -2.14. The maximum atomic E-state index is 12.6. The Labute approximate surface area is 160 Å². The number of rotatable bonds is 7. The van der Waals surface area contributed by atoms with Crippen LogP contribution in [0.1, 0.15) is 34.6 Å². The van der Waals surface area contributed by atoms with Crippen molar-refractivity contribution in [2.45, 2.75) is 13.8 Å². The van der Waals surface area contributed by atoms with E-state index in [0.717, 1.165) is 6.07 Å². The molecule has 0 aliphatic rings. The minimum atomic E-state index is -0.598. The van der Waals surface area contributed by atoms with Gasteiger partial charge in [0.15, 0.2) is 0 Å². The summed E-state index contributed by atoms with van der Waals surface area (Å²) >= 11 is 6.00. The van der Waals surface area contributed by atoms with Crippen LogP contribution in [0.15, 0.2) is 36.4 Å². The van der Waals surface area contributed by atoms with Gasteiger partial charge in [0, 0.05) is 18.7 Å². The van der Waals surface area contributed by atoms with Crippen LogP contribution < -0.4 is 10.6 Å². The molecule has 0 aromatic heterocycles. The van der Waals surface area contributed by atoms with Crippen molar-refractivity contribution in [1.29, 1.82) is 0 Å². The molecule has 0 spiro atoms. The molecule has 2 aromatic carbocycles. The summed E-state index contributed by atoms with van der Waals surface area (Å²) < 4.78 is 4.97. The number of halogens is 1. The molecule has 0 heterocycles. The molecule has 0 fully saturated rings. The second kappa shape index (κ2) is 9.00. The fraction of sp³-hybridized carbons (Fsp3) is 0.222. The number of carbonyl (C=O) groups is 2. The molecule has 0 saturated heterocycles. The van der Waals surface area contributed by atoms with Crippen molar-refractivity contribution in [2.75, 3.05) is 23.8 Å². The molecule has 0 aliphatic heterocycles. The summed E-state index contributed by atoms with van der Waals surface area (Å²) in [4.78, 5) is 34.7. The molecule has 8 nitrogen and oxygen atoms in total. The molecule has 0 bridgehead atoms. The minimum Gasteiger partial charge on any atom is -0.462 e. The smallest absolute Gasteiger partial charge is 0.338 e. The number of nitrogens with zero attached hydrogens (tertiary/aromatic N) is 1. The van der Waals surface area contributed by atoms with Gasteiger partial charge in [-0.05, 0) is 38.1 Å². The van der Waals surface area contributed by atoms with Crippen molar-refractivity contribution in [1.82, 2.24) is 0 Å². The van der Waals surface area contributed by atoms with Crippen LogP contribution >= 0.6 is 11.6 Å². The highest BCUT2D eigenvalue weighted by Crippen LogP contribution is 2.27. The Balaban J connectivity index is 2.33. The molecular weight excluding hydrogens is 374 g/mol. The molecule has 0 saturated carbocycles. The second-order valence-electron chi connectivity index (χ2n) is 5.39. The second-order valence-corrected chi connectivity index (χ2v) is 5.79. The van der Waals surface area contributed by atoms with E-state index >= 15 is 0 Å². The summed E-state index contributed by atoms with van der Waals surface area (Å²) in [5.41, 5.74) is 1.11. The van der Waals surface area contributed by atoms with Gasteiger partial charge in [-0.3, -0.25) is 14.9 Å². The average molecular weight is 392 g/mol. The molecule has 0 unspecified atom stereocenters. The average Bonchev–Trinajstić information content (AvgIpc) is 2.63. The standard InChI is InChI=1S/C18H18ClN3O5/c1-3-20-15-8-5-11(18(24)27-4-2)9-16(15)21-17(23)13-7-6-12(22(25)26)10-14(13)19/h5-10,20H,3-4H2,1-2H3,(H,21,23). The number of anilines is 2. The van der Waals surface area contributed by atoms with Gasteiger partial charge in [0.05, 0.1) is 39.1 Å². The highest BCUT2D eigenvalue weighted by atomic mass is 35.5. The highest BCUT2D eigenvalue weighted by molar-refractivity contribution is 6.34. The highest BCUT2D eigenvalue weighted by Gasteiger charge is 2.17. The number of non-ortho nitro benzene ring substituents is 1. The van der Waals surface area contributed by atoms with Crippen molar-refractivity contribution in [3.05, 3.63) is 62.7 Å². The number of benzene rings is 2. The third kappa shape index (κ3) is 4.95. The maximum Gasteiger partial charge on any atom is 0.338 e. The molecule has 142 valence electrons. The fourth-order valence-corrected chi connectivity index (χ4v) is 2.59. The minimum absolute atomic E-state index is 0.0479. The number of nitro groups is 1. The van der Waals surface area contributed by atoms with Gasteiger partial charge in [-0.1, -0.05) is 11.6 Å². The van der Waals surface area contributed by atoms with E-state index in [1.807, 2.05) is 6.92 Å². The van der Waals surface area contributed by atoms with Gasteiger partial charge >= 0.3 is 5.97 Å². The number of amides is 1. The van der Waals surface area contributed by atoms with E-state index in [0.29, 0.717) is 17.9 Å². The molecule has 1 amide bonds. The summed E-state index contributed by atoms with van der Waals surface area (Å²) in [5, 5.41) is 16.5. The first kappa shape index (κ1) is 20.2. The van der Waals surface area contributed by atoms with Crippen LogP contribution in [0.5, 0.6) is 0 Å². The molecule has 27 heavy (non-hydrogen) atoms.